The Hall–Kier alpha value is -2.13. The number of benzene rings is 1. The van der Waals surface area contributed by atoms with E-state index in [0.29, 0.717) is 6.54 Å². The summed E-state index contributed by atoms with van der Waals surface area (Å²) in [6.07, 6.45) is 12.1. The highest BCUT2D eigenvalue weighted by atomic mass is 16.1. The lowest BCUT2D eigenvalue weighted by molar-refractivity contribution is 0.0985. The first kappa shape index (κ1) is 11.0. The van der Waals surface area contributed by atoms with Gasteiger partial charge in [0.25, 0.3) is 0 Å². The van der Waals surface area contributed by atoms with Gasteiger partial charge < -0.3 is 5.01 Å². The quantitative estimate of drug-likeness (QED) is 0.753. The number of fused-ring (bicyclic) bond motifs is 2. The van der Waals surface area contributed by atoms with E-state index in [-0.39, 0.29) is 5.78 Å². The first-order chi connectivity index (χ1) is 8.75. The van der Waals surface area contributed by atoms with E-state index < -0.39 is 0 Å². The summed E-state index contributed by atoms with van der Waals surface area (Å²) < 4.78 is 0. The summed E-state index contributed by atoms with van der Waals surface area (Å²) in [7, 11) is 1.93. The molecule has 0 fully saturated rings. The number of hydrogen-bond donors (Lipinski definition) is 1. The molecule has 0 atom stereocenters. The molecular formula is C15H14N2O. The number of nitrogens with one attached hydrogen (secondary N) is 1. The summed E-state index contributed by atoms with van der Waals surface area (Å²) >= 11 is 0. The standard InChI is InChI=1S/C15H14N2O/c1-17-14-9-12-7-5-3-2-4-6-11(12)8-13(14)15(18)10-16-17/h2-9,16H,10H2,1H3/b3-2-,4-2?,5-3?,6-4-,7-5-,11-6?,12-7?. The first-order valence-corrected chi connectivity index (χ1v) is 5.95. The van der Waals surface area contributed by atoms with Gasteiger partial charge in [-0.05, 0) is 23.3 Å². The van der Waals surface area contributed by atoms with Crippen LogP contribution in [0.5, 0.6) is 0 Å². The van der Waals surface area contributed by atoms with E-state index in [1.807, 2.05) is 48.5 Å². The highest BCUT2D eigenvalue weighted by Gasteiger charge is 2.21. The molecular weight excluding hydrogens is 224 g/mol. The van der Waals surface area contributed by atoms with Gasteiger partial charge in [-0.15, -0.1) is 0 Å². The third-order valence-corrected chi connectivity index (χ3v) is 3.22. The maximum atomic E-state index is 11.9. The van der Waals surface area contributed by atoms with Crippen molar-refractivity contribution in [3.8, 4) is 0 Å². The summed E-state index contributed by atoms with van der Waals surface area (Å²) in [5, 5.41) is 1.91. The summed E-state index contributed by atoms with van der Waals surface area (Å²) in [5.41, 5.74) is 6.98. The second kappa shape index (κ2) is 4.27. The van der Waals surface area contributed by atoms with Crippen LogP contribution in [0.3, 0.4) is 0 Å². The van der Waals surface area contributed by atoms with E-state index in [1.165, 1.54) is 0 Å². The van der Waals surface area contributed by atoms with Crippen molar-refractivity contribution in [2.24, 2.45) is 0 Å². The summed E-state index contributed by atoms with van der Waals surface area (Å²) in [5.74, 6) is 0.140. The van der Waals surface area contributed by atoms with E-state index in [0.717, 1.165) is 22.4 Å². The minimum absolute atomic E-state index is 0.140. The Bertz CT molecular complexity index is 597. The predicted molar refractivity (Wildman–Crippen MR) is 74.4 cm³/mol. The van der Waals surface area contributed by atoms with Crippen molar-refractivity contribution in [2.45, 2.75) is 0 Å². The second-order valence-electron chi connectivity index (χ2n) is 4.42. The van der Waals surface area contributed by atoms with Crippen molar-refractivity contribution >= 4 is 23.6 Å². The van der Waals surface area contributed by atoms with E-state index in [1.54, 1.807) is 0 Å². The Morgan fingerprint density at radius 2 is 1.72 bits per heavy atom. The van der Waals surface area contributed by atoms with Crippen LogP contribution in [0.4, 0.5) is 5.69 Å². The highest BCUT2D eigenvalue weighted by molar-refractivity contribution is 6.05. The molecule has 0 unspecified atom stereocenters. The Morgan fingerprint density at radius 1 is 1.06 bits per heavy atom. The minimum Gasteiger partial charge on any atom is -0.310 e. The van der Waals surface area contributed by atoms with Gasteiger partial charge in [-0.1, -0.05) is 36.5 Å². The van der Waals surface area contributed by atoms with Gasteiger partial charge in [-0.3, -0.25) is 4.79 Å². The molecule has 18 heavy (non-hydrogen) atoms. The van der Waals surface area contributed by atoms with Crippen molar-refractivity contribution in [1.29, 1.82) is 0 Å². The molecule has 0 radical (unpaired) electrons. The summed E-state index contributed by atoms with van der Waals surface area (Å²) in [6.45, 7) is 0.363. The van der Waals surface area contributed by atoms with Crippen LogP contribution in [0.15, 0.2) is 36.4 Å². The van der Waals surface area contributed by atoms with Crippen LogP contribution >= 0.6 is 0 Å². The molecule has 1 aliphatic heterocycles. The molecule has 0 spiro atoms. The second-order valence-corrected chi connectivity index (χ2v) is 4.42. The SMILES string of the molecule is CN1NCC(=O)c2cc3c(cc21)\C=C/C=C\C=C/3. The average molecular weight is 238 g/mol. The molecule has 1 N–H and O–H groups in total. The van der Waals surface area contributed by atoms with Crippen molar-refractivity contribution in [1.82, 2.24) is 5.43 Å². The van der Waals surface area contributed by atoms with E-state index in [2.05, 4.69) is 17.6 Å². The fourth-order valence-electron chi connectivity index (χ4n) is 2.23. The minimum atomic E-state index is 0.140. The molecule has 3 heteroatoms. The van der Waals surface area contributed by atoms with Gasteiger partial charge in [0.1, 0.15) is 0 Å². The lowest BCUT2D eigenvalue weighted by Crippen LogP contribution is -2.43. The number of anilines is 1. The zero-order chi connectivity index (χ0) is 12.5. The zero-order valence-corrected chi connectivity index (χ0v) is 10.2. The molecule has 3 nitrogen and oxygen atoms in total. The number of rotatable bonds is 0. The van der Waals surface area contributed by atoms with Gasteiger partial charge in [0.05, 0.1) is 12.2 Å². The Labute approximate surface area is 106 Å². The van der Waals surface area contributed by atoms with Crippen LogP contribution in [-0.4, -0.2) is 19.4 Å². The first-order valence-electron chi connectivity index (χ1n) is 5.95. The topological polar surface area (TPSA) is 32.3 Å². The van der Waals surface area contributed by atoms with Crippen LogP contribution in [0.25, 0.3) is 12.2 Å². The van der Waals surface area contributed by atoms with Crippen LogP contribution in [0.1, 0.15) is 21.5 Å². The molecule has 1 aliphatic carbocycles. The maximum absolute atomic E-state index is 11.9. The van der Waals surface area contributed by atoms with Gasteiger partial charge in [-0.2, -0.15) is 0 Å². The average Bonchev–Trinajstić information content (AvgIpc) is 2.34. The van der Waals surface area contributed by atoms with Crippen molar-refractivity contribution < 1.29 is 4.79 Å². The van der Waals surface area contributed by atoms with E-state index in [4.69, 9.17) is 0 Å². The lowest BCUT2D eigenvalue weighted by atomic mass is 9.96. The molecule has 1 heterocycles. The molecule has 1 aromatic rings. The van der Waals surface area contributed by atoms with Gasteiger partial charge in [0.2, 0.25) is 0 Å². The molecule has 3 rings (SSSR count). The molecule has 0 saturated heterocycles. The normalized spacial score (nSPS) is 22.5. The third kappa shape index (κ3) is 1.79. The Kier molecular flexibility index (Phi) is 2.61. The largest absolute Gasteiger partial charge is 0.310 e. The number of ketones is 1. The predicted octanol–water partition coefficient (Wildman–Crippen LogP) is 2.42. The lowest BCUT2D eigenvalue weighted by Gasteiger charge is -2.28. The highest BCUT2D eigenvalue weighted by Crippen LogP contribution is 2.28. The van der Waals surface area contributed by atoms with Crippen molar-refractivity contribution in [3.05, 3.63) is 53.1 Å². The molecule has 0 amide bonds. The molecule has 2 aliphatic rings. The smallest absolute Gasteiger partial charge is 0.180 e. The summed E-state index contributed by atoms with van der Waals surface area (Å²) in [6, 6.07) is 4.03. The Morgan fingerprint density at radius 3 is 2.44 bits per heavy atom. The maximum Gasteiger partial charge on any atom is 0.180 e. The monoisotopic (exact) mass is 238 g/mol. The number of allylic oxidation sites excluding steroid dienone is 4. The van der Waals surface area contributed by atoms with Crippen LogP contribution < -0.4 is 10.4 Å². The summed E-state index contributed by atoms with van der Waals surface area (Å²) in [4.78, 5) is 11.9. The number of hydrazine groups is 1. The number of nitrogens with zero attached hydrogens (tertiary/aromatic N) is 1. The van der Waals surface area contributed by atoms with Crippen LogP contribution in [0.2, 0.25) is 0 Å². The van der Waals surface area contributed by atoms with Crippen LogP contribution in [-0.2, 0) is 0 Å². The molecule has 0 bridgehead atoms. The zero-order valence-electron chi connectivity index (χ0n) is 10.2. The number of carbonyl (C=O) groups is 1. The molecule has 90 valence electrons. The Balaban J connectivity index is 2.20. The van der Waals surface area contributed by atoms with E-state index in [9.17, 15) is 4.79 Å². The van der Waals surface area contributed by atoms with Gasteiger partial charge >= 0.3 is 0 Å². The van der Waals surface area contributed by atoms with Crippen molar-refractivity contribution in [3.63, 3.8) is 0 Å². The number of Topliss-reactive ketones (excluding diaryl/α,β-unsaturated/α-hetero) is 1. The fourth-order valence-corrected chi connectivity index (χ4v) is 2.23. The number of carbonyl (C=O) groups excluding carboxylic acids is 1. The van der Waals surface area contributed by atoms with Gasteiger partial charge in [-0.25, -0.2) is 5.43 Å². The molecule has 1 aromatic carbocycles. The number of hydrogen-bond acceptors (Lipinski definition) is 3. The fraction of sp³-hybridized carbons (Fsp3) is 0.133. The van der Waals surface area contributed by atoms with Gasteiger partial charge in [0.15, 0.2) is 5.78 Å². The van der Waals surface area contributed by atoms with Crippen LogP contribution in [0, 0.1) is 0 Å². The van der Waals surface area contributed by atoms with E-state index >= 15 is 0 Å². The molecule has 0 aromatic heterocycles. The third-order valence-electron chi connectivity index (χ3n) is 3.22. The molecule has 0 saturated carbocycles. The van der Waals surface area contributed by atoms with Gasteiger partial charge in [0, 0.05) is 12.6 Å². The van der Waals surface area contributed by atoms with Crippen molar-refractivity contribution in [2.75, 3.05) is 18.6 Å².